The zero-order valence-electron chi connectivity index (χ0n) is 15.1. The number of nitrogens with zero attached hydrogens (tertiary/aromatic N) is 1. The lowest BCUT2D eigenvalue weighted by Gasteiger charge is -2.11. The monoisotopic (exact) mass is 473 g/mol. The van der Waals surface area contributed by atoms with Gasteiger partial charge in [-0.15, -0.1) is 0 Å². The van der Waals surface area contributed by atoms with Gasteiger partial charge in [-0.3, -0.25) is 9.79 Å². The summed E-state index contributed by atoms with van der Waals surface area (Å²) >= 11 is 2.27. The first kappa shape index (κ1) is 18.2. The summed E-state index contributed by atoms with van der Waals surface area (Å²) in [4.78, 5) is 16.5. The Morgan fingerprint density at radius 1 is 1.19 bits per heavy atom. The molecule has 3 aromatic rings. The minimum atomic E-state index is -0.254. The Bertz CT molecular complexity index is 1020. The fourth-order valence-corrected chi connectivity index (χ4v) is 3.80. The summed E-state index contributed by atoms with van der Waals surface area (Å²) in [7, 11) is 0. The van der Waals surface area contributed by atoms with Gasteiger partial charge < -0.3 is 9.15 Å². The Morgan fingerprint density at radius 2 is 1.96 bits per heavy atom. The lowest BCUT2D eigenvalue weighted by atomic mass is 9.94. The van der Waals surface area contributed by atoms with Crippen molar-refractivity contribution in [3.05, 3.63) is 56.9 Å². The number of aryl methyl sites for hydroxylation is 2. The number of furan rings is 1. The number of carbonyl (C=O) groups is 1. The van der Waals surface area contributed by atoms with Crippen LogP contribution in [0.3, 0.4) is 0 Å². The van der Waals surface area contributed by atoms with Crippen molar-refractivity contribution < 1.29 is 13.9 Å². The lowest BCUT2D eigenvalue weighted by Crippen LogP contribution is -2.08. The van der Waals surface area contributed by atoms with Gasteiger partial charge in [-0.2, -0.15) is 0 Å². The molecule has 0 bridgehead atoms. The Hall–Kier alpha value is -2.15. The molecule has 0 radical (unpaired) electrons. The molecule has 4 rings (SSSR count). The summed E-state index contributed by atoms with van der Waals surface area (Å²) in [5.41, 5.74) is 3.74. The maximum absolute atomic E-state index is 11.9. The third kappa shape index (κ3) is 3.78. The quantitative estimate of drug-likeness (QED) is 0.203. The second-order valence-electron chi connectivity index (χ2n) is 6.62. The van der Waals surface area contributed by atoms with Gasteiger partial charge in [0, 0.05) is 39.1 Å². The molecule has 4 nitrogen and oxygen atoms in total. The van der Waals surface area contributed by atoms with Crippen molar-refractivity contribution in [3.63, 3.8) is 0 Å². The second kappa shape index (κ2) is 7.84. The molecule has 1 aromatic heterocycles. The van der Waals surface area contributed by atoms with Gasteiger partial charge in [0.25, 0.3) is 0 Å². The van der Waals surface area contributed by atoms with Crippen molar-refractivity contribution in [1.29, 1.82) is 0 Å². The van der Waals surface area contributed by atoms with Crippen molar-refractivity contribution in [2.24, 2.45) is 4.99 Å². The highest BCUT2D eigenvalue weighted by Crippen LogP contribution is 2.37. The van der Waals surface area contributed by atoms with E-state index in [-0.39, 0.29) is 5.97 Å². The zero-order chi connectivity index (χ0) is 18.8. The van der Waals surface area contributed by atoms with Gasteiger partial charge in [0.2, 0.25) is 0 Å². The molecule has 0 saturated carbocycles. The van der Waals surface area contributed by atoms with Crippen LogP contribution < -0.4 is 4.74 Å². The van der Waals surface area contributed by atoms with E-state index in [1.165, 1.54) is 5.56 Å². The van der Waals surface area contributed by atoms with Crippen LogP contribution >= 0.6 is 22.6 Å². The fraction of sp³-hybridized carbons (Fsp3) is 0.273. The molecule has 0 aliphatic heterocycles. The number of halogens is 1. The summed E-state index contributed by atoms with van der Waals surface area (Å²) in [5, 5.41) is 1.03. The van der Waals surface area contributed by atoms with Crippen LogP contribution in [-0.2, 0) is 17.6 Å². The minimum absolute atomic E-state index is 0.254. The predicted octanol–water partition coefficient (Wildman–Crippen LogP) is 5.98. The van der Waals surface area contributed by atoms with Gasteiger partial charge in [-0.25, -0.2) is 0 Å². The number of hydrogen-bond donors (Lipinski definition) is 0. The molecule has 0 unspecified atom stereocenters. The molecule has 1 heterocycles. The van der Waals surface area contributed by atoms with Crippen LogP contribution in [0.1, 0.15) is 43.1 Å². The number of ether oxygens (including phenoxy) is 1. The third-order valence-corrected chi connectivity index (χ3v) is 5.52. The second-order valence-corrected chi connectivity index (χ2v) is 7.87. The van der Waals surface area contributed by atoms with Gasteiger partial charge in [-0.1, -0.05) is 6.92 Å². The fourth-order valence-electron chi connectivity index (χ4n) is 3.44. The lowest BCUT2D eigenvalue weighted by molar-refractivity contribution is -0.134. The van der Waals surface area contributed by atoms with Crippen LogP contribution in [0.4, 0.5) is 5.69 Å². The van der Waals surface area contributed by atoms with Crippen LogP contribution in [0.2, 0.25) is 0 Å². The maximum atomic E-state index is 11.9. The first-order chi connectivity index (χ1) is 13.2. The van der Waals surface area contributed by atoms with Crippen molar-refractivity contribution in [1.82, 2.24) is 0 Å². The molecule has 1 aliphatic carbocycles. The average molecular weight is 473 g/mol. The Labute approximate surface area is 171 Å². The summed E-state index contributed by atoms with van der Waals surface area (Å²) in [5.74, 6) is 1.34. The van der Waals surface area contributed by atoms with Crippen LogP contribution in [0, 0.1) is 3.57 Å². The molecule has 0 amide bonds. The maximum Gasteiger partial charge on any atom is 0.310 e. The van der Waals surface area contributed by atoms with E-state index in [9.17, 15) is 4.79 Å². The summed E-state index contributed by atoms with van der Waals surface area (Å²) in [6, 6.07) is 11.7. The first-order valence-electron chi connectivity index (χ1n) is 9.23. The highest BCUT2D eigenvalue weighted by atomic mass is 127. The van der Waals surface area contributed by atoms with Gasteiger partial charge in [0.15, 0.2) is 0 Å². The molecule has 0 atom stereocenters. The van der Waals surface area contributed by atoms with Crippen molar-refractivity contribution in [2.45, 2.75) is 39.0 Å². The summed E-state index contributed by atoms with van der Waals surface area (Å²) < 4.78 is 12.8. The summed E-state index contributed by atoms with van der Waals surface area (Å²) in [6.45, 7) is 1.79. The number of aliphatic imine (C=N–C) groups is 1. The van der Waals surface area contributed by atoms with E-state index in [0.29, 0.717) is 12.2 Å². The molecule has 138 valence electrons. The van der Waals surface area contributed by atoms with Gasteiger partial charge >= 0.3 is 5.97 Å². The number of rotatable bonds is 4. The van der Waals surface area contributed by atoms with E-state index in [2.05, 4.69) is 27.6 Å². The topological polar surface area (TPSA) is 51.8 Å². The first-order valence-corrected chi connectivity index (χ1v) is 10.3. The third-order valence-electron chi connectivity index (χ3n) is 4.80. The van der Waals surface area contributed by atoms with Crippen LogP contribution in [0.15, 0.2) is 45.8 Å². The molecule has 1 aliphatic rings. The van der Waals surface area contributed by atoms with E-state index >= 15 is 0 Å². The van der Waals surface area contributed by atoms with Crippen molar-refractivity contribution in [3.8, 4) is 5.75 Å². The van der Waals surface area contributed by atoms with Gasteiger partial charge in [-0.05, 0) is 78.3 Å². The molecule has 0 N–H and O–H groups in total. The molecule has 2 aromatic carbocycles. The molecule has 5 heteroatoms. The van der Waals surface area contributed by atoms with Crippen LogP contribution in [0.5, 0.6) is 5.75 Å². The smallest absolute Gasteiger partial charge is 0.310 e. The molecule has 0 saturated heterocycles. The molecule has 27 heavy (non-hydrogen) atoms. The van der Waals surface area contributed by atoms with Crippen molar-refractivity contribution >= 4 is 51.4 Å². The molecular formula is C22H20INO3. The van der Waals surface area contributed by atoms with Crippen LogP contribution in [-0.4, -0.2) is 12.2 Å². The number of benzene rings is 2. The molecule has 0 fully saturated rings. The van der Waals surface area contributed by atoms with Crippen molar-refractivity contribution in [2.75, 3.05) is 0 Å². The van der Waals surface area contributed by atoms with E-state index in [4.69, 9.17) is 9.15 Å². The molecular weight excluding hydrogens is 453 g/mol. The van der Waals surface area contributed by atoms with E-state index < -0.39 is 0 Å². The predicted molar refractivity (Wildman–Crippen MR) is 115 cm³/mol. The zero-order valence-corrected chi connectivity index (χ0v) is 17.3. The van der Waals surface area contributed by atoms with E-state index in [1.54, 1.807) is 19.2 Å². The van der Waals surface area contributed by atoms with Gasteiger partial charge in [0.1, 0.15) is 17.1 Å². The highest BCUT2D eigenvalue weighted by molar-refractivity contribution is 14.1. The number of hydrogen-bond acceptors (Lipinski definition) is 4. The van der Waals surface area contributed by atoms with E-state index in [1.807, 2.05) is 30.3 Å². The Balaban J connectivity index is 1.85. The Kier molecular flexibility index (Phi) is 5.29. The Morgan fingerprint density at radius 3 is 2.74 bits per heavy atom. The standard InChI is InChI=1S/C22H20INO3/c1-2-21(25)27-19-11-12-20-22(16-5-3-4-6-18(16)26-20)17(19)13-24-15-9-7-14(23)8-10-15/h7-13H,2-6H2,1H3. The van der Waals surface area contributed by atoms with Crippen LogP contribution in [0.25, 0.3) is 11.0 Å². The van der Waals surface area contributed by atoms with Gasteiger partial charge in [0.05, 0.1) is 5.69 Å². The normalized spacial score (nSPS) is 13.9. The summed E-state index contributed by atoms with van der Waals surface area (Å²) in [6.07, 6.45) is 6.37. The number of esters is 1. The highest BCUT2D eigenvalue weighted by Gasteiger charge is 2.22. The van der Waals surface area contributed by atoms with E-state index in [0.717, 1.165) is 57.2 Å². The molecule has 0 spiro atoms. The number of fused-ring (bicyclic) bond motifs is 3. The SMILES string of the molecule is CCC(=O)Oc1ccc2oc3c(c2c1C=Nc1ccc(I)cc1)CCCC3. The minimum Gasteiger partial charge on any atom is -0.461 e. The number of carbonyl (C=O) groups excluding carboxylic acids is 1. The largest absolute Gasteiger partial charge is 0.461 e. The average Bonchev–Trinajstić information content (AvgIpc) is 3.07.